The summed E-state index contributed by atoms with van der Waals surface area (Å²) in [7, 11) is -1.10. The van der Waals surface area contributed by atoms with Gasteiger partial charge in [0.2, 0.25) is 0 Å². The highest BCUT2D eigenvalue weighted by Crippen LogP contribution is 2.36. The maximum atomic E-state index is 12.7. The Morgan fingerprint density at radius 3 is 2.45 bits per heavy atom. The molecule has 1 N–H and O–H groups in total. The van der Waals surface area contributed by atoms with Gasteiger partial charge in [-0.15, -0.1) is 0 Å². The summed E-state index contributed by atoms with van der Waals surface area (Å²) in [5.41, 5.74) is 3.45. The van der Waals surface area contributed by atoms with E-state index >= 15 is 0 Å². The molecule has 4 rings (SSSR count). The van der Waals surface area contributed by atoms with Crippen LogP contribution in [0.1, 0.15) is 40.4 Å². The average molecular weight is 414 g/mol. The van der Waals surface area contributed by atoms with Gasteiger partial charge in [0.15, 0.2) is 24.7 Å². The Morgan fingerprint density at radius 1 is 1.03 bits per heavy atom. The Hall–Kier alpha value is -3.25. The monoisotopic (exact) mass is 414 g/mol. The summed E-state index contributed by atoms with van der Waals surface area (Å²) < 4.78 is 7.74. The lowest BCUT2D eigenvalue weighted by atomic mass is 9.64. The zero-order chi connectivity index (χ0) is 21.8. The molecule has 0 bridgehead atoms. The Morgan fingerprint density at radius 2 is 1.74 bits per heavy atom. The molecule has 2 aromatic carbocycles. The first-order chi connectivity index (χ1) is 15.0. The van der Waals surface area contributed by atoms with Gasteiger partial charge in [0, 0.05) is 36.4 Å². The molecule has 0 saturated heterocycles. The number of pyridine rings is 1. The van der Waals surface area contributed by atoms with E-state index < -0.39 is 7.12 Å². The van der Waals surface area contributed by atoms with Crippen LogP contribution >= 0.6 is 0 Å². The zero-order valence-corrected chi connectivity index (χ0v) is 17.5. The molecule has 3 aromatic rings. The molecule has 0 unspecified atom stereocenters. The summed E-state index contributed by atoms with van der Waals surface area (Å²) in [5.74, 6) is 0.0748. The van der Waals surface area contributed by atoms with Crippen molar-refractivity contribution in [3.63, 3.8) is 0 Å². The van der Waals surface area contributed by atoms with E-state index in [1.54, 1.807) is 6.07 Å². The second kappa shape index (κ2) is 9.27. The van der Waals surface area contributed by atoms with Gasteiger partial charge < -0.3 is 9.68 Å². The second-order valence-electron chi connectivity index (χ2n) is 8.11. The smallest absolute Gasteiger partial charge is 0.526 e. The lowest BCUT2D eigenvalue weighted by Crippen LogP contribution is -2.36. The molecule has 0 saturated carbocycles. The minimum atomic E-state index is -1.10. The summed E-state index contributed by atoms with van der Waals surface area (Å²) in [6, 6.07) is 19.4. The number of carbonyl (C=O) groups excluding carboxylic acids is 2. The van der Waals surface area contributed by atoms with E-state index in [-0.39, 0.29) is 23.8 Å². The number of Topliss-reactive ketones (excluding diaryl/α,β-unsaturated/α-hetero) is 2. The highest BCUT2D eigenvalue weighted by molar-refractivity contribution is 6.47. The fraction of sp³-hybridized carbons (Fsp3) is 0.240. The minimum absolute atomic E-state index is 0.0593. The van der Waals surface area contributed by atoms with Crippen LogP contribution in [0, 0.1) is 0 Å². The zero-order valence-electron chi connectivity index (χ0n) is 17.5. The van der Waals surface area contributed by atoms with Crippen molar-refractivity contribution in [2.75, 3.05) is 0 Å². The predicted octanol–water partition coefficient (Wildman–Crippen LogP) is 3.21. The molecule has 0 aliphatic carbocycles. The fourth-order valence-corrected chi connectivity index (χ4v) is 4.04. The number of carbonyl (C=O) groups is 2. The number of ketones is 2. The van der Waals surface area contributed by atoms with Crippen LogP contribution in [0.5, 0.6) is 5.75 Å². The van der Waals surface area contributed by atoms with Crippen molar-refractivity contribution in [3.8, 4) is 5.75 Å². The summed E-state index contributed by atoms with van der Waals surface area (Å²) in [5, 5.41) is 10.4. The van der Waals surface area contributed by atoms with Crippen LogP contribution in [0.4, 0.5) is 0 Å². The van der Waals surface area contributed by atoms with Gasteiger partial charge in [0.25, 0.3) is 0 Å². The average Bonchev–Trinajstić information content (AvgIpc) is 2.76. The first kappa shape index (κ1) is 21.0. The number of aromatic nitrogens is 1. The maximum absolute atomic E-state index is 12.7. The topological polar surface area (TPSA) is 67.5 Å². The van der Waals surface area contributed by atoms with E-state index in [0.29, 0.717) is 24.2 Å². The third kappa shape index (κ3) is 5.09. The molecule has 5 nitrogen and oxygen atoms in total. The normalized spacial score (nSPS) is 15.2. The van der Waals surface area contributed by atoms with Crippen LogP contribution in [-0.4, -0.2) is 23.7 Å². The van der Waals surface area contributed by atoms with E-state index in [2.05, 4.69) is 4.57 Å². The number of hydrogen-bond acceptors (Lipinski definition) is 4. The van der Waals surface area contributed by atoms with Gasteiger partial charge in [-0.05, 0) is 30.5 Å². The molecular formula is C25H25BNO4+. The lowest BCUT2D eigenvalue weighted by molar-refractivity contribution is -0.688. The molecule has 1 aliphatic heterocycles. The largest absolute Gasteiger partial charge is 0.535 e. The molecule has 1 atom stereocenters. The number of hydrogen-bond donors (Lipinski definition) is 1. The van der Waals surface area contributed by atoms with Crippen LogP contribution in [-0.2, 0) is 24.2 Å². The molecule has 1 aromatic heterocycles. The maximum Gasteiger partial charge on any atom is 0.526 e. The van der Waals surface area contributed by atoms with E-state index in [1.807, 2.05) is 67.0 Å². The van der Waals surface area contributed by atoms with Gasteiger partial charge in [0.1, 0.15) is 11.5 Å². The van der Waals surface area contributed by atoms with Gasteiger partial charge in [-0.2, -0.15) is 0 Å². The van der Waals surface area contributed by atoms with E-state index in [9.17, 15) is 14.6 Å². The summed E-state index contributed by atoms with van der Waals surface area (Å²) in [4.78, 5) is 24.5. The predicted molar refractivity (Wildman–Crippen MR) is 118 cm³/mol. The molecule has 1 aliphatic rings. The number of nitrogens with zero attached hydrogens (tertiary/aromatic N) is 1. The van der Waals surface area contributed by atoms with E-state index in [4.69, 9.17) is 4.65 Å². The molecule has 0 radical (unpaired) electrons. The van der Waals surface area contributed by atoms with Crippen molar-refractivity contribution in [3.05, 3.63) is 95.3 Å². The van der Waals surface area contributed by atoms with Crippen LogP contribution < -0.4 is 9.22 Å². The number of fused-ring (bicyclic) bond motifs is 1. The highest BCUT2D eigenvalue weighted by Gasteiger charge is 2.37. The Kier molecular flexibility index (Phi) is 6.28. The first-order valence-corrected chi connectivity index (χ1v) is 10.5. The van der Waals surface area contributed by atoms with Crippen LogP contribution in [0.3, 0.4) is 0 Å². The van der Waals surface area contributed by atoms with Crippen molar-refractivity contribution in [1.29, 1.82) is 0 Å². The van der Waals surface area contributed by atoms with Crippen LogP contribution in [0.25, 0.3) is 0 Å². The van der Waals surface area contributed by atoms with Crippen molar-refractivity contribution in [2.45, 2.75) is 38.5 Å². The van der Waals surface area contributed by atoms with Gasteiger partial charge >= 0.3 is 7.12 Å². The van der Waals surface area contributed by atoms with Crippen LogP contribution in [0.15, 0.2) is 73.1 Å². The van der Waals surface area contributed by atoms with Crippen molar-refractivity contribution < 1.29 is 23.8 Å². The van der Waals surface area contributed by atoms with Crippen LogP contribution in [0.2, 0.25) is 5.82 Å². The molecule has 0 fully saturated rings. The molecule has 6 heteroatoms. The van der Waals surface area contributed by atoms with Gasteiger partial charge in [-0.25, -0.2) is 4.57 Å². The molecule has 156 valence electrons. The SMILES string of the molecule is CC(=O)c1cccc2c1OB(O)[C@@H](CC(=O)Cc1ccc(C[n+]3ccccc3)cc1)C2. The van der Waals surface area contributed by atoms with Crippen molar-refractivity contribution >= 4 is 18.7 Å². The number of benzene rings is 2. The third-order valence-corrected chi connectivity index (χ3v) is 5.66. The van der Waals surface area contributed by atoms with Crippen molar-refractivity contribution in [2.24, 2.45) is 0 Å². The molecule has 0 spiro atoms. The Balaban J connectivity index is 1.36. The van der Waals surface area contributed by atoms with E-state index in [1.165, 1.54) is 12.5 Å². The first-order valence-electron chi connectivity index (χ1n) is 10.5. The summed E-state index contributed by atoms with van der Waals surface area (Å²) in [6.07, 6.45) is 5.10. The van der Waals surface area contributed by atoms with Gasteiger partial charge in [0.05, 0.1) is 5.56 Å². The Bertz CT molecular complexity index is 1080. The molecular weight excluding hydrogens is 389 g/mol. The standard InChI is InChI=1S/C25H25BNO4/c1-18(28)24-7-5-6-21-15-22(26(30)31-25(21)24)16-23(29)14-19-8-10-20(11-9-19)17-27-12-3-2-4-13-27/h2-13,22,30H,14-17H2,1H3/q+1/t22-/m1/s1. The highest BCUT2D eigenvalue weighted by atomic mass is 16.5. The number of para-hydroxylation sites is 1. The lowest BCUT2D eigenvalue weighted by Gasteiger charge is -2.28. The summed E-state index contributed by atoms with van der Waals surface area (Å²) in [6.45, 7) is 2.26. The number of rotatable bonds is 7. The molecule has 0 amide bonds. The second-order valence-corrected chi connectivity index (χ2v) is 8.11. The van der Waals surface area contributed by atoms with Crippen molar-refractivity contribution in [1.82, 2.24) is 0 Å². The molecule has 2 heterocycles. The quantitative estimate of drug-likeness (QED) is 0.366. The fourth-order valence-electron chi connectivity index (χ4n) is 4.04. The summed E-state index contributed by atoms with van der Waals surface area (Å²) >= 11 is 0. The third-order valence-electron chi connectivity index (χ3n) is 5.66. The minimum Gasteiger partial charge on any atom is -0.535 e. The van der Waals surface area contributed by atoms with E-state index in [0.717, 1.165) is 17.7 Å². The molecule has 31 heavy (non-hydrogen) atoms. The Labute approximate surface area is 182 Å². The van der Waals surface area contributed by atoms with Gasteiger partial charge in [-0.3, -0.25) is 9.59 Å². The van der Waals surface area contributed by atoms with Gasteiger partial charge in [-0.1, -0.05) is 42.5 Å².